The molecule has 0 bridgehead atoms. The van der Waals surface area contributed by atoms with Crippen molar-refractivity contribution in [3.63, 3.8) is 0 Å². The van der Waals surface area contributed by atoms with Gasteiger partial charge in [-0.05, 0) is 43.4 Å². The number of aryl methyl sites for hydroxylation is 1. The van der Waals surface area contributed by atoms with E-state index in [1.165, 1.54) is 23.8 Å². The molecule has 1 aliphatic rings. The number of hydrogen-bond donors (Lipinski definition) is 1. The second-order valence-electron chi connectivity index (χ2n) is 4.85. The molecule has 1 saturated carbocycles. The SMILES string of the molecule is NC1(CCc2ccnc3ccccc23)CC1. The third-order valence-electron chi connectivity index (χ3n) is 3.52. The van der Waals surface area contributed by atoms with Crippen molar-refractivity contribution in [2.75, 3.05) is 0 Å². The maximum absolute atomic E-state index is 6.12. The minimum atomic E-state index is 0.143. The summed E-state index contributed by atoms with van der Waals surface area (Å²) in [4.78, 5) is 4.37. The van der Waals surface area contributed by atoms with Crippen molar-refractivity contribution in [2.45, 2.75) is 31.2 Å². The minimum absolute atomic E-state index is 0.143. The molecule has 1 aromatic heterocycles. The van der Waals surface area contributed by atoms with Gasteiger partial charge in [-0.25, -0.2) is 0 Å². The van der Waals surface area contributed by atoms with Crippen molar-refractivity contribution in [1.82, 2.24) is 4.98 Å². The van der Waals surface area contributed by atoms with Gasteiger partial charge in [0.2, 0.25) is 0 Å². The first-order valence-corrected chi connectivity index (χ1v) is 5.88. The van der Waals surface area contributed by atoms with Crippen LogP contribution in [0.1, 0.15) is 24.8 Å². The van der Waals surface area contributed by atoms with Crippen molar-refractivity contribution in [2.24, 2.45) is 5.73 Å². The van der Waals surface area contributed by atoms with Gasteiger partial charge in [-0.15, -0.1) is 0 Å². The summed E-state index contributed by atoms with van der Waals surface area (Å²) in [6.45, 7) is 0. The smallest absolute Gasteiger partial charge is 0.0704 e. The highest BCUT2D eigenvalue weighted by molar-refractivity contribution is 5.81. The van der Waals surface area contributed by atoms with Crippen molar-refractivity contribution < 1.29 is 0 Å². The van der Waals surface area contributed by atoms with E-state index in [1.54, 1.807) is 0 Å². The molecular formula is C14H16N2. The van der Waals surface area contributed by atoms with Crippen molar-refractivity contribution in [1.29, 1.82) is 0 Å². The molecule has 82 valence electrons. The highest BCUT2D eigenvalue weighted by Crippen LogP contribution is 2.37. The fourth-order valence-electron chi connectivity index (χ4n) is 2.17. The molecule has 1 aliphatic carbocycles. The normalized spacial score (nSPS) is 17.6. The first-order valence-electron chi connectivity index (χ1n) is 5.88. The number of pyridine rings is 1. The highest BCUT2D eigenvalue weighted by Gasteiger charge is 2.37. The van der Waals surface area contributed by atoms with Crippen LogP contribution in [0.4, 0.5) is 0 Å². The topological polar surface area (TPSA) is 38.9 Å². The lowest BCUT2D eigenvalue weighted by Crippen LogP contribution is -2.22. The number of aromatic nitrogens is 1. The van der Waals surface area contributed by atoms with Crippen LogP contribution in [0, 0.1) is 0 Å². The molecule has 1 heterocycles. The van der Waals surface area contributed by atoms with Crippen LogP contribution in [0.2, 0.25) is 0 Å². The second-order valence-corrected chi connectivity index (χ2v) is 4.85. The highest BCUT2D eigenvalue weighted by atomic mass is 14.8. The van der Waals surface area contributed by atoms with E-state index in [-0.39, 0.29) is 5.54 Å². The number of hydrogen-bond acceptors (Lipinski definition) is 2. The third-order valence-corrected chi connectivity index (χ3v) is 3.52. The molecule has 0 amide bonds. The van der Waals surface area contributed by atoms with Gasteiger partial charge in [0.15, 0.2) is 0 Å². The summed E-state index contributed by atoms with van der Waals surface area (Å²) >= 11 is 0. The van der Waals surface area contributed by atoms with Crippen LogP contribution in [-0.2, 0) is 6.42 Å². The molecule has 16 heavy (non-hydrogen) atoms. The molecule has 2 N–H and O–H groups in total. The van der Waals surface area contributed by atoms with Crippen LogP contribution in [0.5, 0.6) is 0 Å². The summed E-state index contributed by atoms with van der Waals surface area (Å²) in [6.07, 6.45) is 6.44. The number of fused-ring (bicyclic) bond motifs is 1. The van der Waals surface area contributed by atoms with Crippen LogP contribution < -0.4 is 5.73 Å². The quantitative estimate of drug-likeness (QED) is 0.849. The molecule has 0 saturated heterocycles. The van der Waals surface area contributed by atoms with Crippen LogP contribution in [0.25, 0.3) is 10.9 Å². The van der Waals surface area contributed by atoms with E-state index in [2.05, 4.69) is 29.2 Å². The molecule has 2 nitrogen and oxygen atoms in total. The third kappa shape index (κ3) is 1.81. The molecule has 0 spiro atoms. The maximum atomic E-state index is 6.12. The predicted octanol–water partition coefficient (Wildman–Crippen LogP) is 2.66. The molecule has 1 fully saturated rings. The van der Waals surface area contributed by atoms with E-state index >= 15 is 0 Å². The minimum Gasteiger partial charge on any atom is -0.325 e. The molecule has 0 atom stereocenters. The van der Waals surface area contributed by atoms with Crippen LogP contribution in [0.15, 0.2) is 36.5 Å². The Morgan fingerprint density at radius 2 is 2.00 bits per heavy atom. The maximum Gasteiger partial charge on any atom is 0.0704 e. The number of benzene rings is 1. The number of nitrogens with zero attached hydrogens (tertiary/aromatic N) is 1. The zero-order valence-electron chi connectivity index (χ0n) is 9.32. The summed E-state index contributed by atoms with van der Waals surface area (Å²) in [6, 6.07) is 10.4. The fourth-order valence-corrected chi connectivity index (χ4v) is 2.17. The lowest BCUT2D eigenvalue weighted by Gasteiger charge is -2.09. The van der Waals surface area contributed by atoms with E-state index in [1.807, 2.05) is 12.3 Å². The number of para-hydroxylation sites is 1. The van der Waals surface area contributed by atoms with Crippen LogP contribution in [0.3, 0.4) is 0 Å². The standard InChI is InChI=1S/C14H16N2/c15-14(8-9-14)7-5-11-6-10-16-13-4-2-1-3-12(11)13/h1-4,6,10H,5,7-9,15H2. The van der Waals surface area contributed by atoms with E-state index in [0.717, 1.165) is 18.4 Å². The van der Waals surface area contributed by atoms with Gasteiger partial charge in [-0.2, -0.15) is 0 Å². The largest absolute Gasteiger partial charge is 0.325 e. The molecule has 0 aliphatic heterocycles. The summed E-state index contributed by atoms with van der Waals surface area (Å²) in [7, 11) is 0. The van der Waals surface area contributed by atoms with Crippen LogP contribution >= 0.6 is 0 Å². The Kier molecular flexibility index (Phi) is 2.18. The first kappa shape index (κ1) is 9.79. The Hall–Kier alpha value is -1.41. The average molecular weight is 212 g/mol. The number of nitrogens with two attached hydrogens (primary N) is 1. The Balaban J connectivity index is 1.90. The molecule has 1 aromatic carbocycles. The monoisotopic (exact) mass is 212 g/mol. The average Bonchev–Trinajstić information content (AvgIpc) is 3.05. The lowest BCUT2D eigenvalue weighted by atomic mass is 10.0. The van der Waals surface area contributed by atoms with E-state index in [0.29, 0.717) is 0 Å². The molecule has 3 rings (SSSR count). The second kappa shape index (κ2) is 3.56. The molecule has 2 aromatic rings. The van der Waals surface area contributed by atoms with Gasteiger partial charge in [0.25, 0.3) is 0 Å². The van der Waals surface area contributed by atoms with E-state index < -0.39 is 0 Å². The molecule has 0 unspecified atom stereocenters. The van der Waals surface area contributed by atoms with Gasteiger partial charge in [0.1, 0.15) is 0 Å². The zero-order chi connectivity index (χ0) is 11.0. The van der Waals surface area contributed by atoms with Gasteiger partial charge in [0, 0.05) is 17.1 Å². The van der Waals surface area contributed by atoms with Gasteiger partial charge in [-0.1, -0.05) is 18.2 Å². The fraction of sp³-hybridized carbons (Fsp3) is 0.357. The zero-order valence-corrected chi connectivity index (χ0v) is 9.32. The van der Waals surface area contributed by atoms with Gasteiger partial charge < -0.3 is 5.73 Å². The van der Waals surface area contributed by atoms with Gasteiger partial charge >= 0.3 is 0 Å². The summed E-state index contributed by atoms with van der Waals surface area (Å²) in [5.74, 6) is 0. The Morgan fingerprint density at radius 1 is 1.19 bits per heavy atom. The summed E-state index contributed by atoms with van der Waals surface area (Å²) in [5, 5.41) is 1.27. The van der Waals surface area contributed by atoms with E-state index in [4.69, 9.17) is 5.73 Å². The summed E-state index contributed by atoms with van der Waals surface area (Å²) in [5.41, 5.74) is 8.73. The summed E-state index contributed by atoms with van der Waals surface area (Å²) < 4.78 is 0. The van der Waals surface area contributed by atoms with Crippen molar-refractivity contribution >= 4 is 10.9 Å². The predicted molar refractivity (Wildman–Crippen MR) is 66.2 cm³/mol. The van der Waals surface area contributed by atoms with Crippen LogP contribution in [-0.4, -0.2) is 10.5 Å². The Morgan fingerprint density at radius 3 is 2.81 bits per heavy atom. The Bertz CT molecular complexity index is 510. The molecule has 0 radical (unpaired) electrons. The van der Waals surface area contributed by atoms with Crippen molar-refractivity contribution in [3.8, 4) is 0 Å². The molecule has 2 heteroatoms. The lowest BCUT2D eigenvalue weighted by molar-refractivity contribution is 0.610. The van der Waals surface area contributed by atoms with Crippen molar-refractivity contribution in [3.05, 3.63) is 42.1 Å². The first-order chi connectivity index (χ1) is 7.77. The van der Waals surface area contributed by atoms with Gasteiger partial charge in [-0.3, -0.25) is 4.98 Å². The van der Waals surface area contributed by atoms with Gasteiger partial charge in [0.05, 0.1) is 5.52 Å². The van der Waals surface area contributed by atoms with E-state index in [9.17, 15) is 0 Å². The number of rotatable bonds is 3. The Labute approximate surface area is 95.5 Å². The molecular weight excluding hydrogens is 196 g/mol.